The fraction of sp³-hybridized carbons (Fsp3) is 0.565. The predicted octanol–water partition coefficient (Wildman–Crippen LogP) is 4.40. The molecule has 2 aromatic rings. The van der Waals surface area contributed by atoms with Gasteiger partial charge >= 0.3 is 0 Å². The molecule has 0 radical (unpaired) electrons. The van der Waals surface area contributed by atoms with E-state index in [0.29, 0.717) is 11.6 Å². The van der Waals surface area contributed by atoms with Gasteiger partial charge in [0.15, 0.2) is 0 Å². The first-order valence-electron chi connectivity index (χ1n) is 10.9. The van der Waals surface area contributed by atoms with Crippen molar-refractivity contribution in [1.82, 2.24) is 14.8 Å². The van der Waals surface area contributed by atoms with Crippen molar-refractivity contribution in [1.29, 1.82) is 0 Å². The lowest BCUT2D eigenvalue weighted by Crippen LogP contribution is -2.50. The number of thiazole rings is 1. The Balaban J connectivity index is 1.39. The van der Waals surface area contributed by atoms with Crippen molar-refractivity contribution in [2.75, 3.05) is 26.2 Å². The van der Waals surface area contributed by atoms with Gasteiger partial charge in [-0.3, -0.25) is 9.69 Å². The van der Waals surface area contributed by atoms with Crippen LogP contribution in [0.2, 0.25) is 5.02 Å². The molecule has 6 nitrogen and oxygen atoms in total. The third-order valence-electron chi connectivity index (χ3n) is 5.81. The number of aromatic nitrogens is 1. The van der Waals surface area contributed by atoms with Crippen molar-refractivity contribution in [3.63, 3.8) is 0 Å². The maximum absolute atomic E-state index is 13.4. The van der Waals surface area contributed by atoms with Crippen molar-refractivity contribution in [3.05, 3.63) is 44.9 Å². The number of nitrogens with zero attached hydrogens (tertiary/aromatic N) is 3. The molecule has 3 heterocycles. The number of rotatable bonds is 6. The van der Waals surface area contributed by atoms with E-state index in [-0.39, 0.29) is 24.2 Å². The fourth-order valence-corrected chi connectivity index (χ4v) is 5.60. The first-order chi connectivity index (χ1) is 14.9. The van der Waals surface area contributed by atoms with Crippen LogP contribution in [-0.2, 0) is 11.3 Å². The molecule has 31 heavy (non-hydrogen) atoms. The molecule has 2 aliphatic rings. The van der Waals surface area contributed by atoms with Crippen LogP contribution in [0, 0.1) is 6.92 Å². The molecule has 2 saturated heterocycles. The average Bonchev–Trinajstić information content (AvgIpc) is 3.32. The van der Waals surface area contributed by atoms with Crippen LogP contribution >= 0.6 is 22.9 Å². The van der Waals surface area contributed by atoms with Gasteiger partial charge in [-0.05, 0) is 57.9 Å². The van der Waals surface area contributed by atoms with Crippen LogP contribution in [0.15, 0.2) is 24.3 Å². The Morgan fingerprint density at radius 3 is 2.68 bits per heavy atom. The van der Waals surface area contributed by atoms with Crippen LogP contribution in [0.3, 0.4) is 0 Å². The van der Waals surface area contributed by atoms with E-state index in [1.54, 1.807) is 12.1 Å². The molecule has 2 fully saturated rings. The van der Waals surface area contributed by atoms with Gasteiger partial charge in [-0.25, -0.2) is 4.98 Å². The van der Waals surface area contributed by atoms with Crippen LogP contribution in [0.1, 0.15) is 47.1 Å². The molecule has 1 aromatic heterocycles. The molecule has 3 unspecified atom stereocenters. The van der Waals surface area contributed by atoms with Gasteiger partial charge < -0.3 is 14.4 Å². The number of benzene rings is 1. The molecule has 3 atom stereocenters. The second-order valence-electron chi connectivity index (χ2n) is 8.54. The van der Waals surface area contributed by atoms with Gasteiger partial charge in [0.05, 0.1) is 17.9 Å². The lowest BCUT2D eigenvalue weighted by Gasteiger charge is -2.38. The summed E-state index contributed by atoms with van der Waals surface area (Å²) in [6.45, 7) is 10.1. The minimum Gasteiger partial charge on any atom is -0.486 e. The highest BCUT2D eigenvalue weighted by atomic mass is 35.5. The third-order valence-corrected chi connectivity index (χ3v) is 7.18. The Morgan fingerprint density at radius 1 is 1.26 bits per heavy atom. The summed E-state index contributed by atoms with van der Waals surface area (Å²) in [5.41, 5.74) is 0.781. The Hall–Kier alpha value is -1.67. The summed E-state index contributed by atoms with van der Waals surface area (Å²) in [5.74, 6) is 0.836. The zero-order valence-electron chi connectivity index (χ0n) is 18.3. The number of halogens is 1. The highest BCUT2D eigenvalue weighted by molar-refractivity contribution is 7.13. The molecule has 168 valence electrons. The second kappa shape index (κ2) is 9.86. The number of carbonyl (C=O) groups excluding carboxylic acids is 1. The maximum atomic E-state index is 13.4. The minimum absolute atomic E-state index is 0.101. The summed E-state index contributed by atoms with van der Waals surface area (Å²) in [5, 5.41) is 1.48. The number of morpholine rings is 1. The van der Waals surface area contributed by atoms with Gasteiger partial charge in [0, 0.05) is 37.2 Å². The van der Waals surface area contributed by atoms with E-state index in [9.17, 15) is 4.79 Å². The monoisotopic (exact) mass is 463 g/mol. The van der Waals surface area contributed by atoms with Gasteiger partial charge in [-0.1, -0.05) is 11.6 Å². The summed E-state index contributed by atoms with van der Waals surface area (Å²) >= 11 is 7.36. The van der Waals surface area contributed by atoms with Crippen molar-refractivity contribution in [2.45, 2.75) is 58.5 Å². The van der Waals surface area contributed by atoms with E-state index >= 15 is 0 Å². The Kier molecular flexibility index (Phi) is 7.16. The molecule has 0 aliphatic carbocycles. The number of carbonyl (C=O) groups is 1. The van der Waals surface area contributed by atoms with E-state index in [0.717, 1.165) is 60.3 Å². The number of aryl methyl sites for hydroxylation is 1. The third kappa shape index (κ3) is 5.58. The molecule has 0 saturated carbocycles. The first kappa shape index (κ1) is 22.5. The van der Waals surface area contributed by atoms with E-state index in [4.69, 9.17) is 21.1 Å². The van der Waals surface area contributed by atoms with Gasteiger partial charge in [0.1, 0.15) is 22.2 Å². The number of amides is 1. The maximum Gasteiger partial charge on any atom is 0.266 e. The summed E-state index contributed by atoms with van der Waals surface area (Å²) < 4.78 is 11.7. The fourth-order valence-electron chi connectivity index (χ4n) is 4.54. The topological polar surface area (TPSA) is 54.9 Å². The van der Waals surface area contributed by atoms with Crippen LogP contribution in [0.25, 0.3) is 0 Å². The largest absolute Gasteiger partial charge is 0.486 e. The van der Waals surface area contributed by atoms with Gasteiger partial charge in [0.2, 0.25) is 0 Å². The van der Waals surface area contributed by atoms with Gasteiger partial charge in [0.25, 0.3) is 5.91 Å². The van der Waals surface area contributed by atoms with E-state index < -0.39 is 0 Å². The average molecular weight is 464 g/mol. The lowest BCUT2D eigenvalue weighted by molar-refractivity contribution is -0.0715. The standard InChI is InChI=1S/C23H30ClN3O3S/c1-15-11-26(12-16(2)30-15)13-19-5-4-10-27(19)23(28)22-17(3)25-21(31-22)14-29-20-8-6-18(24)7-9-20/h6-9,15-16,19H,4-5,10-14H2,1-3H3. The molecule has 0 spiro atoms. The molecule has 2 aliphatic heterocycles. The molecule has 1 aromatic carbocycles. The highest BCUT2D eigenvalue weighted by Crippen LogP contribution is 2.27. The smallest absolute Gasteiger partial charge is 0.266 e. The zero-order valence-corrected chi connectivity index (χ0v) is 19.9. The first-order valence-corrected chi connectivity index (χ1v) is 12.1. The van der Waals surface area contributed by atoms with Crippen molar-refractivity contribution in [3.8, 4) is 5.75 Å². The molecule has 8 heteroatoms. The SMILES string of the molecule is Cc1nc(COc2ccc(Cl)cc2)sc1C(=O)N1CCCC1CN1CC(C)OC(C)C1. The van der Waals surface area contributed by atoms with Crippen LogP contribution in [0.4, 0.5) is 0 Å². The molecule has 4 rings (SSSR count). The summed E-state index contributed by atoms with van der Waals surface area (Å²) in [7, 11) is 0. The molecule has 0 N–H and O–H groups in total. The van der Waals surface area contributed by atoms with E-state index in [1.165, 1.54) is 11.3 Å². The van der Waals surface area contributed by atoms with Crippen molar-refractivity contribution in [2.24, 2.45) is 0 Å². The second-order valence-corrected chi connectivity index (χ2v) is 10.1. The number of hydrogen-bond donors (Lipinski definition) is 0. The van der Waals surface area contributed by atoms with Crippen molar-refractivity contribution >= 4 is 28.8 Å². The summed E-state index contributed by atoms with van der Waals surface area (Å²) in [4.78, 5) is 23.2. The zero-order chi connectivity index (χ0) is 22.0. The summed E-state index contributed by atoms with van der Waals surface area (Å²) in [6.07, 6.45) is 2.58. The summed E-state index contributed by atoms with van der Waals surface area (Å²) in [6, 6.07) is 7.50. The van der Waals surface area contributed by atoms with Gasteiger partial charge in [-0.15, -0.1) is 11.3 Å². The minimum atomic E-state index is 0.101. The molecular formula is C23H30ClN3O3S. The normalized spacial score (nSPS) is 24.5. The molecule has 1 amide bonds. The Morgan fingerprint density at radius 2 is 1.97 bits per heavy atom. The Labute approximate surface area is 193 Å². The molecular weight excluding hydrogens is 434 g/mol. The number of hydrogen-bond acceptors (Lipinski definition) is 6. The van der Waals surface area contributed by atoms with Crippen molar-refractivity contribution < 1.29 is 14.3 Å². The number of likely N-dealkylation sites (tertiary alicyclic amines) is 1. The highest BCUT2D eigenvalue weighted by Gasteiger charge is 2.34. The predicted molar refractivity (Wildman–Crippen MR) is 123 cm³/mol. The Bertz CT molecular complexity index is 894. The lowest BCUT2D eigenvalue weighted by atomic mass is 10.1. The van der Waals surface area contributed by atoms with Crippen LogP contribution in [0.5, 0.6) is 5.75 Å². The van der Waals surface area contributed by atoms with Crippen LogP contribution < -0.4 is 4.74 Å². The van der Waals surface area contributed by atoms with Crippen LogP contribution in [-0.4, -0.2) is 65.1 Å². The van der Waals surface area contributed by atoms with Gasteiger partial charge in [-0.2, -0.15) is 0 Å². The molecule has 0 bridgehead atoms. The number of ether oxygens (including phenoxy) is 2. The van der Waals surface area contributed by atoms with E-state index in [1.807, 2.05) is 19.1 Å². The van der Waals surface area contributed by atoms with E-state index in [2.05, 4.69) is 28.6 Å². The quantitative estimate of drug-likeness (QED) is 0.635.